The number of hydrogen-bond donors (Lipinski definition) is 2. The van der Waals surface area contributed by atoms with Gasteiger partial charge in [-0.05, 0) is 37.7 Å². The summed E-state index contributed by atoms with van der Waals surface area (Å²) in [6.07, 6.45) is 0. The van der Waals surface area contributed by atoms with Crippen molar-refractivity contribution >= 4 is 0 Å². The monoisotopic (exact) mass is 289 g/mol. The lowest BCUT2D eigenvalue weighted by Gasteiger charge is -2.24. The molecule has 0 saturated heterocycles. The lowest BCUT2D eigenvalue weighted by Crippen LogP contribution is -2.29. The van der Waals surface area contributed by atoms with E-state index in [4.69, 9.17) is 4.74 Å². The number of benzene rings is 2. The van der Waals surface area contributed by atoms with E-state index in [0.29, 0.717) is 12.3 Å². The molecule has 0 aliphatic carbocycles. The predicted molar refractivity (Wildman–Crippen MR) is 80.7 cm³/mol. The zero-order valence-corrected chi connectivity index (χ0v) is 12.3. The molecule has 0 aromatic heterocycles. The van der Waals surface area contributed by atoms with Crippen LogP contribution in [-0.4, -0.2) is 18.8 Å². The van der Waals surface area contributed by atoms with Gasteiger partial charge in [-0.1, -0.05) is 30.3 Å². The summed E-state index contributed by atoms with van der Waals surface area (Å²) in [5.41, 5.74) is 0.399. The van der Waals surface area contributed by atoms with E-state index in [2.05, 4.69) is 5.32 Å². The van der Waals surface area contributed by atoms with Crippen molar-refractivity contribution in [2.45, 2.75) is 19.1 Å². The smallest absolute Gasteiger partial charge is 0.124 e. The fourth-order valence-electron chi connectivity index (χ4n) is 2.12. The van der Waals surface area contributed by atoms with E-state index in [9.17, 15) is 9.50 Å². The molecule has 1 atom stereocenters. The maximum Gasteiger partial charge on any atom is 0.124 e. The van der Waals surface area contributed by atoms with Crippen LogP contribution in [0.15, 0.2) is 48.5 Å². The summed E-state index contributed by atoms with van der Waals surface area (Å²) < 4.78 is 19.0. The minimum Gasteiger partial charge on any atom is -0.490 e. The van der Waals surface area contributed by atoms with E-state index in [-0.39, 0.29) is 12.4 Å². The maximum absolute atomic E-state index is 13.3. The first-order valence-electron chi connectivity index (χ1n) is 6.86. The average Bonchev–Trinajstić information content (AvgIpc) is 2.48. The van der Waals surface area contributed by atoms with E-state index in [1.165, 1.54) is 12.1 Å². The van der Waals surface area contributed by atoms with Crippen LogP contribution >= 0.6 is 0 Å². The number of rotatable bonds is 6. The van der Waals surface area contributed by atoms with Crippen molar-refractivity contribution in [2.24, 2.45) is 0 Å². The van der Waals surface area contributed by atoms with Crippen molar-refractivity contribution in [3.8, 4) is 5.75 Å². The highest BCUT2D eigenvalue weighted by molar-refractivity contribution is 5.34. The first-order valence-corrected chi connectivity index (χ1v) is 6.86. The molecule has 1 unspecified atom stereocenters. The summed E-state index contributed by atoms with van der Waals surface area (Å²) in [7, 11) is 1.79. The van der Waals surface area contributed by atoms with Gasteiger partial charge in [-0.25, -0.2) is 4.39 Å². The third-order valence-corrected chi connectivity index (χ3v) is 3.29. The van der Waals surface area contributed by atoms with Gasteiger partial charge < -0.3 is 15.2 Å². The average molecular weight is 289 g/mol. The van der Waals surface area contributed by atoms with Crippen LogP contribution in [0.4, 0.5) is 4.39 Å². The fourth-order valence-corrected chi connectivity index (χ4v) is 2.12. The van der Waals surface area contributed by atoms with Crippen molar-refractivity contribution in [2.75, 3.05) is 13.7 Å². The molecule has 2 rings (SSSR count). The van der Waals surface area contributed by atoms with Crippen molar-refractivity contribution in [3.05, 3.63) is 65.5 Å². The second kappa shape index (κ2) is 6.70. The van der Waals surface area contributed by atoms with Gasteiger partial charge in [-0.3, -0.25) is 0 Å². The molecule has 0 aliphatic heterocycles. The molecule has 0 heterocycles. The van der Waals surface area contributed by atoms with Gasteiger partial charge in [0, 0.05) is 12.1 Å². The topological polar surface area (TPSA) is 41.5 Å². The number of halogens is 1. The summed E-state index contributed by atoms with van der Waals surface area (Å²) in [4.78, 5) is 0. The molecule has 0 spiro atoms. The summed E-state index contributed by atoms with van der Waals surface area (Å²) in [6, 6.07) is 13.7. The van der Waals surface area contributed by atoms with E-state index < -0.39 is 5.60 Å². The van der Waals surface area contributed by atoms with E-state index in [1.807, 2.05) is 30.3 Å². The number of hydrogen-bond acceptors (Lipinski definition) is 3. The second-order valence-electron chi connectivity index (χ2n) is 5.21. The molecule has 2 aromatic carbocycles. The third kappa shape index (κ3) is 4.03. The van der Waals surface area contributed by atoms with Crippen LogP contribution in [0.2, 0.25) is 0 Å². The molecule has 0 aliphatic rings. The Morgan fingerprint density at radius 1 is 1.19 bits per heavy atom. The fraction of sp³-hybridized carbons (Fsp3) is 0.294. The Kier molecular flexibility index (Phi) is 4.94. The Morgan fingerprint density at radius 2 is 1.90 bits per heavy atom. The Morgan fingerprint density at radius 3 is 2.57 bits per heavy atom. The van der Waals surface area contributed by atoms with Crippen molar-refractivity contribution in [1.29, 1.82) is 0 Å². The number of ether oxygens (including phenoxy) is 1. The molecule has 0 bridgehead atoms. The standard InChI is InChI=1S/C17H20FNO2/c1-17(20,14-6-4-3-5-7-14)12-21-16-9-8-15(18)10-13(16)11-19-2/h3-10,19-20H,11-12H2,1-2H3. The van der Waals surface area contributed by atoms with E-state index >= 15 is 0 Å². The first kappa shape index (κ1) is 15.5. The van der Waals surface area contributed by atoms with Crippen LogP contribution in [0, 0.1) is 5.82 Å². The lowest BCUT2D eigenvalue weighted by atomic mass is 9.97. The van der Waals surface area contributed by atoms with Gasteiger partial charge in [0.05, 0.1) is 0 Å². The zero-order chi connectivity index (χ0) is 15.3. The van der Waals surface area contributed by atoms with Gasteiger partial charge in [0.15, 0.2) is 0 Å². The minimum absolute atomic E-state index is 0.0966. The molecule has 0 fully saturated rings. The summed E-state index contributed by atoms with van der Waals surface area (Å²) in [6.45, 7) is 2.30. The van der Waals surface area contributed by atoms with E-state index in [0.717, 1.165) is 11.1 Å². The van der Waals surface area contributed by atoms with Gasteiger partial charge in [0.2, 0.25) is 0 Å². The summed E-state index contributed by atoms with van der Waals surface area (Å²) >= 11 is 0. The molecule has 0 radical (unpaired) electrons. The molecular weight excluding hydrogens is 269 g/mol. The van der Waals surface area contributed by atoms with Gasteiger partial charge >= 0.3 is 0 Å². The highest BCUT2D eigenvalue weighted by Crippen LogP contribution is 2.25. The van der Waals surface area contributed by atoms with Gasteiger partial charge in [-0.15, -0.1) is 0 Å². The molecule has 2 N–H and O–H groups in total. The number of aliphatic hydroxyl groups is 1. The van der Waals surface area contributed by atoms with E-state index in [1.54, 1.807) is 20.0 Å². The Labute approximate surface area is 124 Å². The van der Waals surface area contributed by atoms with Crippen LogP contribution in [0.5, 0.6) is 5.75 Å². The van der Waals surface area contributed by atoms with Crippen LogP contribution in [0.3, 0.4) is 0 Å². The highest BCUT2D eigenvalue weighted by Gasteiger charge is 2.24. The van der Waals surface area contributed by atoms with Crippen LogP contribution in [-0.2, 0) is 12.1 Å². The molecule has 2 aromatic rings. The van der Waals surface area contributed by atoms with Gasteiger partial charge in [0.1, 0.15) is 23.8 Å². The van der Waals surface area contributed by atoms with Crippen LogP contribution < -0.4 is 10.1 Å². The highest BCUT2D eigenvalue weighted by atomic mass is 19.1. The predicted octanol–water partition coefficient (Wildman–Crippen LogP) is 2.83. The summed E-state index contributed by atoms with van der Waals surface area (Å²) in [5, 5.41) is 13.5. The maximum atomic E-state index is 13.3. The normalized spacial score (nSPS) is 13.7. The second-order valence-corrected chi connectivity index (χ2v) is 5.21. The molecule has 21 heavy (non-hydrogen) atoms. The molecule has 4 heteroatoms. The first-order chi connectivity index (χ1) is 10.0. The Balaban J connectivity index is 2.12. The van der Waals surface area contributed by atoms with Gasteiger partial charge in [0.25, 0.3) is 0 Å². The molecule has 112 valence electrons. The molecule has 3 nitrogen and oxygen atoms in total. The number of nitrogens with one attached hydrogen (secondary N) is 1. The van der Waals surface area contributed by atoms with Crippen molar-refractivity contribution in [1.82, 2.24) is 5.32 Å². The van der Waals surface area contributed by atoms with Crippen molar-refractivity contribution in [3.63, 3.8) is 0 Å². The Hall–Kier alpha value is -1.91. The van der Waals surface area contributed by atoms with Crippen molar-refractivity contribution < 1.29 is 14.2 Å². The van der Waals surface area contributed by atoms with Crippen LogP contribution in [0.25, 0.3) is 0 Å². The Bertz CT molecular complexity index is 585. The minimum atomic E-state index is -1.10. The molecule has 0 amide bonds. The lowest BCUT2D eigenvalue weighted by molar-refractivity contribution is 0.00726. The third-order valence-electron chi connectivity index (χ3n) is 3.29. The summed E-state index contributed by atoms with van der Waals surface area (Å²) in [5.74, 6) is 0.268. The van der Waals surface area contributed by atoms with Crippen LogP contribution in [0.1, 0.15) is 18.1 Å². The van der Waals surface area contributed by atoms with Gasteiger partial charge in [-0.2, -0.15) is 0 Å². The molecular formula is C17H20FNO2. The molecule has 0 saturated carbocycles. The SMILES string of the molecule is CNCc1cc(F)ccc1OCC(C)(O)c1ccccc1. The quantitative estimate of drug-likeness (QED) is 0.859. The zero-order valence-electron chi connectivity index (χ0n) is 12.3. The largest absolute Gasteiger partial charge is 0.490 e.